The Morgan fingerprint density at radius 1 is 1.16 bits per heavy atom. The Balaban J connectivity index is 2.16. The fourth-order valence-electron chi connectivity index (χ4n) is 1.50. The van der Waals surface area contributed by atoms with Gasteiger partial charge in [-0.05, 0) is 18.6 Å². The van der Waals surface area contributed by atoms with Crippen molar-refractivity contribution in [2.75, 3.05) is 17.2 Å². The molecule has 0 fully saturated rings. The molecule has 1 heterocycles. The van der Waals surface area contributed by atoms with Crippen molar-refractivity contribution in [1.29, 1.82) is 0 Å². The molecular formula is C13H14F2N4. The van der Waals surface area contributed by atoms with E-state index in [9.17, 15) is 8.78 Å². The minimum Gasteiger partial charge on any atom is -0.369 e. The molecule has 0 saturated carbocycles. The Bertz CT molecular complexity index is 560. The number of hydrogen-bond acceptors (Lipinski definition) is 4. The first-order valence-corrected chi connectivity index (χ1v) is 5.97. The second-order valence-electron chi connectivity index (χ2n) is 3.94. The van der Waals surface area contributed by atoms with Crippen molar-refractivity contribution in [1.82, 2.24) is 9.97 Å². The summed E-state index contributed by atoms with van der Waals surface area (Å²) >= 11 is 0. The Morgan fingerprint density at radius 2 is 1.95 bits per heavy atom. The quantitative estimate of drug-likeness (QED) is 0.869. The van der Waals surface area contributed by atoms with Gasteiger partial charge in [-0.25, -0.2) is 13.8 Å². The summed E-state index contributed by atoms with van der Waals surface area (Å²) in [4.78, 5) is 8.18. The highest BCUT2D eigenvalue weighted by atomic mass is 19.2. The summed E-state index contributed by atoms with van der Waals surface area (Å²) < 4.78 is 26.6. The van der Waals surface area contributed by atoms with E-state index in [1.54, 1.807) is 6.20 Å². The van der Waals surface area contributed by atoms with Gasteiger partial charge in [0, 0.05) is 6.54 Å². The number of aromatic nitrogens is 2. The van der Waals surface area contributed by atoms with Crippen molar-refractivity contribution in [3.8, 4) is 0 Å². The van der Waals surface area contributed by atoms with Gasteiger partial charge in [-0.3, -0.25) is 4.98 Å². The molecule has 0 aliphatic heterocycles. The fourth-order valence-corrected chi connectivity index (χ4v) is 1.50. The topological polar surface area (TPSA) is 49.8 Å². The SMILES string of the molecule is CCCNc1cncc(Nc2cccc(F)c2F)n1. The van der Waals surface area contributed by atoms with Gasteiger partial charge in [0.05, 0.1) is 18.1 Å². The van der Waals surface area contributed by atoms with Crippen molar-refractivity contribution in [3.05, 3.63) is 42.2 Å². The molecule has 0 saturated heterocycles. The maximum Gasteiger partial charge on any atom is 0.182 e. The van der Waals surface area contributed by atoms with Crippen LogP contribution < -0.4 is 10.6 Å². The van der Waals surface area contributed by atoms with E-state index >= 15 is 0 Å². The molecule has 4 nitrogen and oxygen atoms in total. The largest absolute Gasteiger partial charge is 0.369 e. The van der Waals surface area contributed by atoms with Crippen LogP contribution in [-0.2, 0) is 0 Å². The first-order chi connectivity index (χ1) is 9.20. The van der Waals surface area contributed by atoms with Gasteiger partial charge in [0.1, 0.15) is 5.82 Å². The number of halogens is 2. The van der Waals surface area contributed by atoms with Gasteiger partial charge in [0.25, 0.3) is 0 Å². The minimum absolute atomic E-state index is 0.0296. The van der Waals surface area contributed by atoms with Crippen LogP contribution in [0.5, 0.6) is 0 Å². The first kappa shape index (κ1) is 13.2. The minimum atomic E-state index is -0.934. The summed E-state index contributed by atoms with van der Waals surface area (Å²) in [6, 6.07) is 3.92. The predicted molar refractivity (Wildman–Crippen MR) is 70.5 cm³/mol. The van der Waals surface area contributed by atoms with Crippen LogP contribution in [0.25, 0.3) is 0 Å². The average molecular weight is 264 g/mol. The van der Waals surface area contributed by atoms with Crippen LogP contribution in [0.15, 0.2) is 30.6 Å². The second kappa shape index (κ2) is 6.08. The third kappa shape index (κ3) is 3.37. The number of nitrogens with one attached hydrogen (secondary N) is 2. The molecule has 0 bridgehead atoms. The number of benzene rings is 1. The highest BCUT2D eigenvalue weighted by Gasteiger charge is 2.08. The maximum absolute atomic E-state index is 13.5. The molecule has 19 heavy (non-hydrogen) atoms. The van der Waals surface area contributed by atoms with E-state index in [4.69, 9.17) is 0 Å². The summed E-state index contributed by atoms with van der Waals surface area (Å²) in [5, 5.41) is 5.77. The van der Waals surface area contributed by atoms with Gasteiger partial charge in [-0.1, -0.05) is 13.0 Å². The second-order valence-corrected chi connectivity index (χ2v) is 3.94. The molecule has 2 aromatic rings. The van der Waals surface area contributed by atoms with E-state index in [1.807, 2.05) is 6.92 Å². The van der Waals surface area contributed by atoms with Crippen LogP contribution in [0.4, 0.5) is 26.1 Å². The lowest BCUT2D eigenvalue weighted by Crippen LogP contribution is -2.05. The molecule has 2 N–H and O–H groups in total. The summed E-state index contributed by atoms with van der Waals surface area (Å²) in [6.45, 7) is 2.80. The maximum atomic E-state index is 13.5. The lowest BCUT2D eigenvalue weighted by Gasteiger charge is -2.09. The van der Waals surface area contributed by atoms with E-state index < -0.39 is 11.6 Å². The molecule has 0 radical (unpaired) electrons. The van der Waals surface area contributed by atoms with E-state index in [2.05, 4.69) is 20.6 Å². The fraction of sp³-hybridized carbons (Fsp3) is 0.231. The Hall–Kier alpha value is -2.24. The van der Waals surface area contributed by atoms with E-state index in [-0.39, 0.29) is 5.69 Å². The Kier molecular flexibility index (Phi) is 4.22. The van der Waals surface area contributed by atoms with Gasteiger partial charge >= 0.3 is 0 Å². The third-order valence-electron chi connectivity index (χ3n) is 2.40. The van der Waals surface area contributed by atoms with Gasteiger partial charge in [-0.15, -0.1) is 0 Å². The zero-order chi connectivity index (χ0) is 13.7. The molecule has 2 rings (SSSR count). The van der Waals surface area contributed by atoms with Gasteiger partial charge in [-0.2, -0.15) is 0 Å². The van der Waals surface area contributed by atoms with Crippen molar-refractivity contribution in [3.63, 3.8) is 0 Å². The zero-order valence-electron chi connectivity index (χ0n) is 10.5. The van der Waals surface area contributed by atoms with E-state index in [0.717, 1.165) is 19.0 Å². The summed E-state index contributed by atoms with van der Waals surface area (Å²) in [5.41, 5.74) is 0.0296. The van der Waals surface area contributed by atoms with Crippen LogP contribution in [0.3, 0.4) is 0 Å². The Labute approximate surface area is 109 Å². The number of nitrogens with zero attached hydrogens (tertiary/aromatic N) is 2. The normalized spacial score (nSPS) is 10.3. The van der Waals surface area contributed by atoms with E-state index in [0.29, 0.717) is 11.6 Å². The third-order valence-corrected chi connectivity index (χ3v) is 2.40. The smallest absolute Gasteiger partial charge is 0.182 e. The molecule has 0 atom stereocenters. The Morgan fingerprint density at radius 3 is 2.74 bits per heavy atom. The van der Waals surface area contributed by atoms with Crippen molar-refractivity contribution in [2.24, 2.45) is 0 Å². The molecule has 1 aromatic carbocycles. The summed E-state index contributed by atoms with van der Waals surface area (Å²) in [5.74, 6) is -0.899. The number of hydrogen-bond donors (Lipinski definition) is 2. The first-order valence-electron chi connectivity index (χ1n) is 5.97. The average Bonchev–Trinajstić information content (AvgIpc) is 2.42. The molecule has 0 aliphatic rings. The van der Waals surface area contributed by atoms with Crippen molar-refractivity contribution < 1.29 is 8.78 Å². The van der Waals surface area contributed by atoms with E-state index in [1.165, 1.54) is 18.3 Å². The number of rotatable bonds is 5. The lowest BCUT2D eigenvalue weighted by molar-refractivity contribution is 0.511. The molecule has 6 heteroatoms. The molecule has 0 amide bonds. The predicted octanol–water partition coefficient (Wildman–Crippen LogP) is 3.32. The standard InChI is InChI=1S/C13H14F2N4/c1-2-6-17-11-7-16-8-12(19-11)18-10-5-3-4-9(14)13(10)15/h3-5,7-8H,2,6H2,1H3,(H2,17,18,19). The highest BCUT2D eigenvalue weighted by Crippen LogP contribution is 2.20. The monoisotopic (exact) mass is 264 g/mol. The van der Waals surface area contributed by atoms with Gasteiger partial charge in [0.2, 0.25) is 0 Å². The van der Waals surface area contributed by atoms with Gasteiger partial charge in [0.15, 0.2) is 17.5 Å². The molecule has 0 unspecified atom stereocenters. The van der Waals surface area contributed by atoms with Crippen LogP contribution >= 0.6 is 0 Å². The molecule has 0 aliphatic carbocycles. The molecule has 0 spiro atoms. The van der Waals surface area contributed by atoms with Crippen molar-refractivity contribution in [2.45, 2.75) is 13.3 Å². The van der Waals surface area contributed by atoms with Crippen LogP contribution in [0, 0.1) is 11.6 Å². The highest BCUT2D eigenvalue weighted by molar-refractivity contribution is 5.57. The van der Waals surface area contributed by atoms with Gasteiger partial charge < -0.3 is 10.6 Å². The lowest BCUT2D eigenvalue weighted by atomic mass is 10.3. The van der Waals surface area contributed by atoms with Crippen LogP contribution in [0.2, 0.25) is 0 Å². The van der Waals surface area contributed by atoms with Crippen LogP contribution in [0.1, 0.15) is 13.3 Å². The van der Waals surface area contributed by atoms with Crippen LogP contribution in [-0.4, -0.2) is 16.5 Å². The zero-order valence-corrected chi connectivity index (χ0v) is 10.5. The molecule has 100 valence electrons. The molecule has 1 aromatic heterocycles. The van der Waals surface area contributed by atoms with Crippen molar-refractivity contribution >= 4 is 17.3 Å². The molecular weight excluding hydrogens is 250 g/mol. The number of anilines is 3. The summed E-state index contributed by atoms with van der Waals surface area (Å²) in [6.07, 6.45) is 3.97. The summed E-state index contributed by atoms with van der Waals surface area (Å²) in [7, 11) is 0.